The molecule has 1 aromatic rings. The molecule has 1 rings (SSSR count). The second-order valence-electron chi connectivity index (χ2n) is 4.94. The van der Waals surface area contributed by atoms with Gasteiger partial charge in [-0.25, -0.2) is 0 Å². The molecule has 2 N–H and O–H groups in total. The van der Waals surface area contributed by atoms with Gasteiger partial charge in [0.15, 0.2) is 6.10 Å². The SMILES string of the molecule is C[C@H](Oc1ccc(Cl)cc1Cl)C(=O)NCCC[NH+](C)C. The van der Waals surface area contributed by atoms with Crippen LogP contribution in [0, 0.1) is 0 Å². The van der Waals surface area contributed by atoms with Crippen molar-refractivity contribution in [2.45, 2.75) is 19.4 Å². The zero-order valence-corrected chi connectivity index (χ0v) is 13.5. The Morgan fingerprint density at radius 1 is 1.40 bits per heavy atom. The normalized spacial score (nSPS) is 12.3. The fourth-order valence-corrected chi connectivity index (χ4v) is 2.07. The highest BCUT2D eigenvalue weighted by molar-refractivity contribution is 6.35. The maximum Gasteiger partial charge on any atom is 0.260 e. The highest BCUT2D eigenvalue weighted by Crippen LogP contribution is 2.28. The summed E-state index contributed by atoms with van der Waals surface area (Å²) in [6.45, 7) is 3.35. The van der Waals surface area contributed by atoms with Gasteiger partial charge in [-0.2, -0.15) is 0 Å². The third-order valence-electron chi connectivity index (χ3n) is 2.72. The summed E-state index contributed by atoms with van der Waals surface area (Å²) >= 11 is 11.8. The summed E-state index contributed by atoms with van der Waals surface area (Å²) in [4.78, 5) is 13.2. The van der Waals surface area contributed by atoms with Gasteiger partial charge in [0.1, 0.15) is 5.75 Å². The molecule has 0 aromatic heterocycles. The molecule has 1 atom stereocenters. The lowest BCUT2D eigenvalue weighted by Gasteiger charge is -2.16. The van der Waals surface area contributed by atoms with Gasteiger partial charge in [0.05, 0.1) is 25.7 Å². The molecule has 6 heteroatoms. The average molecular weight is 320 g/mol. The Hall–Kier alpha value is -0.970. The van der Waals surface area contributed by atoms with E-state index < -0.39 is 6.10 Å². The van der Waals surface area contributed by atoms with Crippen molar-refractivity contribution in [3.63, 3.8) is 0 Å². The summed E-state index contributed by atoms with van der Waals surface area (Å²) in [7, 11) is 4.16. The third-order valence-corrected chi connectivity index (χ3v) is 3.25. The van der Waals surface area contributed by atoms with Crippen molar-refractivity contribution in [2.75, 3.05) is 27.2 Å². The number of hydrogen-bond donors (Lipinski definition) is 2. The summed E-state index contributed by atoms with van der Waals surface area (Å²) < 4.78 is 5.53. The Morgan fingerprint density at radius 2 is 2.10 bits per heavy atom. The molecule has 0 bridgehead atoms. The van der Waals surface area contributed by atoms with Crippen LogP contribution >= 0.6 is 23.2 Å². The van der Waals surface area contributed by atoms with Crippen molar-refractivity contribution in [1.82, 2.24) is 5.32 Å². The summed E-state index contributed by atoms with van der Waals surface area (Å²) in [5.41, 5.74) is 0. The summed E-state index contributed by atoms with van der Waals surface area (Å²) in [5, 5.41) is 3.77. The van der Waals surface area contributed by atoms with Crippen LogP contribution in [0.2, 0.25) is 10.0 Å². The average Bonchev–Trinajstić information content (AvgIpc) is 2.37. The van der Waals surface area contributed by atoms with Gasteiger partial charge in [-0.15, -0.1) is 0 Å². The van der Waals surface area contributed by atoms with Gasteiger partial charge in [-0.3, -0.25) is 4.79 Å². The first-order valence-corrected chi connectivity index (χ1v) is 7.34. The molecule has 1 amide bonds. The molecular formula is C14H21Cl2N2O2+. The highest BCUT2D eigenvalue weighted by Gasteiger charge is 2.15. The molecule has 0 unspecified atom stereocenters. The van der Waals surface area contributed by atoms with E-state index in [2.05, 4.69) is 19.4 Å². The first kappa shape index (κ1) is 17.1. The predicted octanol–water partition coefficient (Wildman–Crippen LogP) is 1.41. The third kappa shape index (κ3) is 5.99. The maximum atomic E-state index is 11.9. The van der Waals surface area contributed by atoms with Crippen LogP contribution in [0.4, 0.5) is 0 Å². The minimum Gasteiger partial charge on any atom is -0.479 e. The highest BCUT2D eigenvalue weighted by atomic mass is 35.5. The van der Waals surface area contributed by atoms with E-state index in [1.54, 1.807) is 25.1 Å². The quantitative estimate of drug-likeness (QED) is 0.746. The number of hydrogen-bond acceptors (Lipinski definition) is 2. The van der Waals surface area contributed by atoms with Crippen molar-refractivity contribution >= 4 is 29.1 Å². The predicted molar refractivity (Wildman–Crippen MR) is 81.9 cm³/mol. The number of ether oxygens (including phenoxy) is 1. The molecule has 0 radical (unpaired) electrons. The largest absolute Gasteiger partial charge is 0.479 e. The van der Waals surface area contributed by atoms with Gasteiger partial charge >= 0.3 is 0 Å². The van der Waals surface area contributed by atoms with Crippen molar-refractivity contribution in [3.05, 3.63) is 28.2 Å². The lowest BCUT2D eigenvalue weighted by Crippen LogP contribution is -3.05. The van der Waals surface area contributed by atoms with Crippen molar-refractivity contribution in [1.29, 1.82) is 0 Å². The van der Waals surface area contributed by atoms with E-state index in [9.17, 15) is 4.79 Å². The van der Waals surface area contributed by atoms with Crippen LogP contribution < -0.4 is 15.0 Å². The molecule has 0 aliphatic rings. The molecule has 0 spiro atoms. The zero-order valence-electron chi connectivity index (χ0n) is 12.0. The minimum atomic E-state index is -0.597. The molecule has 1 aromatic carbocycles. The molecule has 0 aliphatic heterocycles. The number of carbonyl (C=O) groups excluding carboxylic acids is 1. The number of amides is 1. The monoisotopic (exact) mass is 319 g/mol. The van der Waals surface area contributed by atoms with E-state index in [0.29, 0.717) is 22.3 Å². The van der Waals surface area contributed by atoms with Crippen molar-refractivity contribution < 1.29 is 14.4 Å². The van der Waals surface area contributed by atoms with Gasteiger partial charge in [-0.1, -0.05) is 23.2 Å². The fourth-order valence-electron chi connectivity index (χ4n) is 1.61. The summed E-state index contributed by atoms with van der Waals surface area (Å²) in [6, 6.07) is 4.92. The lowest BCUT2D eigenvalue weighted by molar-refractivity contribution is -0.858. The molecule has 0 saturated heterocycles. The second-order valence-corrected chi connectivity index (χ2v) is 5.78. The zero-order chi connectivity index (χ0) is 15.1. The van der Waals surface area contributed by atoms with E-state index in [1.807, 2.05) is 0 Å². The van der Waals surface area contributed by atoms with Crippen molar-refractivity contribution in [3.8, 4) is 5.75 Å². The van der Waals surface area contributed by atoms with E-state index in [4.69, 9.17) is 27.9 Å². The molecule has 4 nitrogen and oxygen atoms in total. The minimum absolute atomic E-state index is 0.148. The van der Waals surface area contributed by atoms with Gasteiger partial charge in [0.25, 0.3) is 5.91 Å². The number of quaternary nitrogens is 1. The Kier molecular flexibility index (Phi) is 7.13. The fraction of sp³-hybridized carbons (Fsp3) is 0.500. The van der Waals surface area contributed by atoms with Crippen LogP contribution in [0.15, 0.2) is 18.2 Å². The molecular weight excluding hydrogens is 299 g/mol. The number of carbonyl (C=O) groups is 1. The molecule has 0 aliphatic carbocycles. The van der Waals surface area contributed by atoms with Crippen LogP contribution in [-0.2, 0) is 4.79 Å². The van der Waals surface area contributed by atoms with Crippen LogP contribution in [0.5, 0.6) is 5.75 Å². The summed E-state index contributed by atoms with van der Waals surface area (Å²) in [5.74, 6) is 0.307. The van der Waals surface area contributed by atoms with Gasteiger partial charge < -0.3 is 15.0 Å². The molecule has 0 fully saturated rings. The Labute approximate surface area is 130 Å². The number of nitrogens with one attached hydrogen (secondary N) is 2. The first-order valence-electron chi connectivity index (χ1n) is 6.58. The first-order chi connectivity index (χ1) is 9.40. The van der Waals surface area contributed by atoms with E-state index in [-0.39, 0.29) is 5.91 Å². The number of halogens is 2. The second kappa shape index (κ2) is 8.35. The van der Waals surface area contributed by atoms with E-state index >= 15 is 0 Å². The number of rotatable bonds is 7. The van der Waals surface area contributed by atoms with Gasteiger partial charge in [0, 0.05) is 18.0 Å². The Morgan fingerprint density at radius 3 is 2.70 bits per heavy atom. The summed E-state index contributed by atoms with van der Waals surface area (Å²) in [6.07, 6.45) is 0.336. The van der Waals surface area contributed by atoms with Crippen molar-refractivity contribution in [2.24, 2.45) is 0 Å². The van der Waals surface area contributed by atoms with Crippen LogP contribution in [0.1, 0.15) is 13.3 Å². The maximum absolute atomic E-state index is 11.9. The Bertz CT molecular complexity index is 453. The van der Waals surface area contributed by atoms with Crippen LogP contribution in [0.25, 0.3) is 0 Å². The number of benzene rings is 1. The van der Waals surface area contributed by atoms with Gasteiger partial charge in [0.2, 0.25) is 0 Å². The topological polar surface area (TPSA) is 42.8 Å². The van der Waals surface area contributed by atoms with Crippen LogP contribution in [0.3, 0.4) is 0 Å². The lowest BCUT2D eigenvalue weighted by atomic mass is 10.3. The molecule has 0 saturated carbocycles. The standard InChI is InChI=1S/C14H20Cl2N2O2/c1-10(14(19)17-7-4-8-18(2)3)20-13-6-5-11(15)9-12(13)16/h5-6,9-10H,4,7-8H2,1-3H3,(H,17,19)/p+1/t10-/m0/s1. The van der Waals surface area contributed by atoms with E-state index in [0.717, 1.165) is 13.0 Å². The van der Waals surface area contributed by atoms with E-state index in [1.165, 1.54) is 4.90 Å². The van der Waals surface area contributed by atoms with Crippen LogP contribution in [-0.4, -0.2) is 39.2 Å². The molecule has 0 heterocycles. The molecule has 20 heavy (non-hydrogen) atoms. The Balaban J connectivity index is 2.41. The molecule has 112 valence electrons. The smallest absolute Gasteiger partial charge is 0.260 e. The van der Waals surface area contributed by atoms with Gasteiger partial charge in [-0.05, 0) is 25.1 Å².